The lowest BCUT2D eigenvalue weighted by Gasteiger charge is -2.33. The van der Waals surface area contributed by atoms with Crippen LogP contribution in [-0.4, -0.2) is 42.4 Å². The Morgan fingerprint density at radius 2 is 1.87 bits per heavy atom. The van der Waals surface area contributed by atoms with Crippen molar-refractivity contribution in [2.75, 3.05) is 25.0 Å². The van der Waals surface area contributed by atoms with Crippen LogP contribution in [0, 0.1) is 11.8 Å². The van der Waals surface area contributed by atoms with E-state index in [0.717, 1.165) is 54.6 Å². The Bertz CT molecular complexity index is 990. The molecule has 5 nitrogen and oxygen atoms in total. The molecule has 2 aromatic carbocycles. The third-order valence-corrected chi connectivity index (χ3v) is 7.36. The lowest BCUT2D eigenvalue weighted by molar-refractivity contribution is -0.136. The number of carbonyl (C=O) groups excluding carboxylic acids is 2. The number of amides is 2. The van der Waals surface area contributed by atoms with Crippen LogP contribution >= 0.6 is 15.9 Å². The van der Waals surface area contributed by atoms with Crippen LogP contribution in [0.4, 0.5) is 5.69 Å². The normalized spacial score (nSPS) is 25.1. The van der Waals surface area contributed by atoms with E-state index in [4.69, 9.17) is 0 Å². The molecule has 0 radical (unpaired) electrons. The number of nitrogens with one attached hydrogen (secondary N) is 2. The van der Waals surface area contributed by atoms with E-state index in [0.29, 0.717) is 17.9 Å². The van der Waals surface area contributed by atoms with E-state index in [9.17, 15) is 9.59 Å². The summed E-state index contributed by atoms with van der Waals surface area (Å²) in [5, 5.41) is 6.47. The first-order valence-corrected chi connectivity index (χ1v) is 12.0. The monoisotopic (exact) mass is 481 g/mol. The highest BCUT2D eigenvalue weighted by Gasteiger charge is 2.41. The highest BCUT2D eigenvalue weighted by atomic mass is 79.9. The summed E-state index contributed by atoms with van der Waals surface area (Å²) in [6.07, 6.45) is 3.40. The van der Waals surface area contributed by atoms with E-state index in [-0.39, 0.29) is 24.2 Å². The number of halogens is 1. The quantitative estimate of drug-likeness (QED) is 0.656. The van der Waals surface area contributed by atoms with Gasteiger partial charge in [-0.15, -0.1) is 0 Å². The van der Waals surface area contributed by atoms with Gasteiger partial charge in [0, 0.05) is 29.2 Å². The van der Waals surface area contributed by atoms with Crippen LogP contribution in [0.15, 0.2) is 53.0 Å². The molecule has 2 fully saturated rings. The fourth-order valence-electron chi connectivity index (χ4n) is 5.10. The van der Waals surface area contributed by atoms with Crippen molar-refractivity contribution in [1.82, 2.24) is 10.2 Å². The third kappa shape index (κ3) is 4.55. The second-order valence-electron chi connectivity index (χ2n) is 9.13. The first-order valence-electron chi connectivity index (χ1n) is 11.2. The van der Waals surface area contributed by atoms with Crippen LogP contribution in [0.5, 0.6) is 0 Å². The number of anilines is 1. The van der Waals surface area contributed by atoms with Crippen molar-refractivity contribution in [2.24, 2.45) is 11.8 Å². The molecule has 0 aromatic heterocycles. The average molecular weight is 482 g/mol. The third-order valence-electron chi connectivity index (χ3n) is 6.87. The van der Waals surface area contributed by atoms with Crippen LogP contribution in [-0.2, 0) is 16.0 Å². The predicted molar refractivity (Wildman–Crippen MR) is 125 cm³/mol. The highest BCUT2D eigenvalue weighted by Crippen LogP contribution is 2.38. The van der Waals surface area contributed by atoms with Gasteiger partial charge in [-0.2, -0.15) is 0 Å². The molecule has 2 amide bonds. The number of para-hydroxylation sites is 1. The van der Waals surface area contributed by atoms with Gasteiger partial charge in [-0.3, -0.25) is 9.59 Å². The summed E-state index contributed by atoms with van der Waals surface area (Å²) >= 11 is 3.57. The van der Waals surface area contributed by atoms with Crippen molar-refractivity contribution in [1.29, 1.82) is 0 Å². The van der Waals surface area contributed by atoms with E-state index < -0.39 is 0 Å². The number of nitrogens with zero attached hydrogens (tertiary/aromatic N) is 1. The zero-order valence-corrected chi connectivity index (χ0v) is 19.1. The smallest absolute Gasteiger partial charge is 0.230 e. The fourth-order valence-corrected chi connectivity index (χ4v) is 5.54. The Morgan fingerprint density at radius 3 is 2.68 bits per heavy atom. The van der Waals surface area contributed by atoms with Gasteiger partial charge in [0.25, 0.3) is 0 Å². The molecule has 2 N–H and O–H groups in total. The molecule has 1 saturated carbocycles. The lowest BCUT2D eigenvalue weighted by Crippen LogP contribution is -2.43. The van der Waals surface area contributed by atoms with Gasteiger partial charge in [-0.05, 0) is 73.5 Å². The zero-order valence-electron chi connectivity index (χ0n) is 17.5. The van der Waals surface area contributed by atoms with E-state index in [1.807, 2.05) is 24.3 Å². The molecule has 3 aliphatic rings. The minimum Gasteiger partial charge on any atom is -0.339 e. The summed E-state index contributed by atoms with van der Waals surface area (Å²) < 4.78 is 1.11. The molecule has 2 aliphatic heterocycles. The predicted octanol–water partition coefficient (Wildman–Crippen LogP) is 3.94. The molecule has 31 heavy (non-hydrogen) atoms. The lowest BCUT2D eigenvalue weighted by atomic mass is 9.87. The van der Waals surface area contributed by atoms with Gasteiger partial charge in [0.2, 0.25) is 11.8 Å². The maximum atomic E-state index is 13.7. The maximum absolute atomic E-state index is 13.7. The van der Waals surface area contributed by atoms with Gasteiger partial charge in [0.05, 0.1) is 5.92 Å². The van der Waals surface area contributed by atoms with Crippen molar-refractivity contribution >= 4 is 33.4 Å². The van der Waals surface area contributed by atoms with Gasteiger partial charge in [-0.25, -0.2) is 0 Å². The number of fused-ring (bicyclic) bond motifs is 1. The zero-order chi connectivity index (χ0) is 21.4. The molecule has 6 heteroatoms. The van der Waals surface area contributed by atoms with Gasteiger partial charge in [-0.1, -0.05) is 46.3 Å². The second kappa shape index (κ2) is 8.75. The standard InChI is InChI=1S/C25H28BrN3O2/c26-19-5-3-4-16(11-19)10-17-13-27-14-18(17)15-29(20-8-9-20)25(31)22-12-24(30)28-23-7-2-1-6-21(22)23/h1-7,11,17-18,20,22,27H,8-10,12-15H2,(H,28,30)/t17-,18+,22?/m1/s1. The van der Waals surface area contributed by atoms with Crippen LogP contribution < -0.4 is 10.6 Å². The maximum Gasteiger partial charge on any atom is 0.230 e. The van der Waals surface area contributed by atoms with Gasteiger partial charge in [0.1, 0.15) is 0 Å². The molecule has 2 heterocycles. The molecule has 0 spiro atoms. The summed E-state index contributed by atoms with van der Waals surface area (Å²) in [5.74, 6) is 0.616. The number of rotatable bonds is 6. The summed E-state index contributed by atoms with van der Waals surface area (Å²) in [6.45, 7) is 2.70. The SMILES string of the molecule is O=C1CC(C(=O)N(C[C@@H]2CNC[C@H]2Cc2cccc(Br)c2)C2CC2)c2ccccc2N1. The summed E-state index contributed by atoms with van der Waals surface area (Å²) in [7, 11) is 0. The van der Waals surface area contributed by atoms with E-state index >= 15 is 0 Å². The number of hydrogen-bond donors (Lipinski definition) is 2. The molecule has 1 saturated heterocycles. The van der Waals surface area contributed by atoms with E-state index in [2.05, 4.69) is 55.7 Å². The average Bonchev–Trinajstić information content (AvgIpc) is 3.51. The van der Waals surface area contributed by atoms with Crippen LogP contribution in [0.3, 0.4) is 0 Å². The van der Waals surface area contributed by atoms with Crippen molar-refractivity contribution in [3.05, 3.63) is 64.1 Å². The minimum absolute atomic E-state index is 0.0668. The molecule has 0 bridgehead atoms. The Kier molecular flexibility index (Phi) is 5.85. The van der Waals surface area contributed by atoms with Crippen LogP contribution in [0.1, 0.15) is 36.3 Å². The Hall–Kier alpha value is -2.18. The van der Waals surface area contributed by atoms with E-state index in [1.54, 1.807) is 0 Å². The fraction of sp³-hybridized carbons (Fsp3) is 0.440. The molecule has 3 atom stereocenters. The number of hydrogen-bond acceptors (Lipinski definition) is 3. The molecule has 162 valence electrons. The Balaban J connectivity index is 1.33. The van der Waals surface area contributed by atoms with Gasteiger partial charge in [0.15, 0.2) is 0 Å². The highest BCUT2D eigenvalue weighted by molar-refractivity contribution is 9.10. The molecule has 1 unspecified atom stereocenters. The number of benzene rings is 2. The minimum atomic E-state index is -0.372. The van der Waals surface area contributed by atoms with Crippen LogP contribution in [0.2, 0.25) is 0 Å². The Morgan fingerprint density at radius 1 is 1.06 bits per heavy atom. The molecule has 2 aromatic rings. The molecule has 1 aliphatic carbocycles. The Labute approximate surface area is 191 Å². The summed E-state index contributed by atoms with van der Waals surface area (Å²) in [6, 6.07) is 16.6. The van der Waals surface area contributed by atoms with Crippen molar-refractivity contribution in [3.8, 4) is 0 Å². The molecular weight excluding hydrogens is 454 g/mol. The summed E-state index contributed by atoms with van der Waals surface area (Å²) in [4.78, 5) is 28.1. The first-order chi connectivity index (χ1) is 15.1. The van der Waals surface area contributed by atoms with Crippen LogP contribution in [0.25, 0.3) is 0 Å². The van der Waals surface area contributed by atoms with Gasteiger partial charge < -0.3 is 15.5 Å². The molecular formula is C25H28BrN3O2. The van der Waals surface area contributed by atoms with Crippen molar-refractivity contribution < 1.29 is 9.59 Å². The largest absolute Gasteiger partial charge is 0.339 e. The van der Waals surface area contributed by atoms with E-state index in [1.165, 1.54) is 5.56 Å². The topological polar surface area (TPSA) is 61.4 Å². The van der Waals surface area contributed by atoms with Crippen molar-refractivity contribution in [3.63, 3.8) is 0 Å². The first kappa shape index (κ1) is 20.7. The molecule has 5 rings (SSSR count). The second-order valence-corrected chi connectivity index (χ2v) is 10.0. The summed E-state index contributed by atoms with van der Waals surface area (Å²) in [5.41, 5.74) is 3.06. The van der Waals surface area contributed by atoms with Gasteiger partial charge >= 0.3 is 0 Å². The number of carbonyl (C=O) groups is 2. The van der Waals surface area contributed by atoms with Crippen molar-refractivity contribution in [2.45, 2.75) is 37.6 Å².